The van der Waals surface area contributed by atoms with Gasteiger partial charge >= 0.3 is 6.18 Å². The molecule has 29 heavy (non-hydrogen) atoms. The Hall–Kier alpha value is -3.61. The first-order valence-corrected chi connectivity index (χ1v) is 8.83. The number of benzene rings is 3. The Labute approximate surface area is 165 Å². The van der Waals surface area contributed by atoms with E-state index in [1.54, 1.807) is 24.3 Å². The predicted octanol–water partition coefficient (Wildman–Crippen LogP) is 5.59. The highest BCUT2D eigenvalue weighted by Gasteiger charge is 2.29. The molecule has 0 saturated carbocycles. The molecular formula is C22H15F3N4. The molecular weight excluding hydrogens is 377 g/mol. The molecule has 4 aromatic rings. The zero-order chi connectivity index (χ0) is 20.4. The number of halogens is 3. The van der Waals surface area contributed by atoms with Crippen LogP contribution in [0.4, 0.5) is 13.2 Å². The van der Waals surface area contributed by atoms with Gasteiger partial charge in [0, 0.05) is 11.1 Å². The predicted molar refractivity (Wildman–Crippen MR) is 104 cm³/mol. The van der Waals surface area contributed by atoms with Crippen molar-refractivity contribution in [2.24, 2.45) is 0 Å². The summed E-state index contributed by atoms with van der Waals surface area (Å²) >= 11 is 0. The number of hydrogen-bond acceptors (Lipinski definition) is 4. The largest absolute Gasteiger partial charge is 0.416 e. The molecule has 3 aromatic carbocycles. The number of aromatic nitrogens is 4. The van der Waals surface area contributed by atoms with E-state index >= 15 is 0 Å². The Balaban J connectivity index is 1.56. The van der Waals surface area contributed by atoms with Gasteiger partial charge in [-0.25, -0.2) is 0 Å². The van der Waals surface area contributed by atoms with E-state index in [4.69, 9.17) is 0 Å². The average Bonchev–Trinajstić information content (AvgIpc) is 2.74. The summed E-state index contributed by atoms with van der Waals surface area (Å²) in [5, 5.41) is 16.7. The molecule has 144 valence electrons. The van der Waals surface area contributed by atoms with Crippen molar-refractivity contribution < 1.29 is 13.2 Å². The fraction of sp³-hybridized carbons (Fsp3) is 0.0909. The molecule has 4 rings (SSSR count). The molecule has 0 aliphatic carbocycles. The number of hydrogen-bond donors (Lipinski definition) is 0. The van der Waals surface area contributed by atoms with E-state index in [0.717, 1.165) is 34.4 Å². The topological polar surface area (TPSA) is 51.6 Å². The van der Waals surface area contributed by atoms with Gasteiger partial charge in [-0.3, -0.25) is 0 Å². The number of nitrogens with zero attached hydrogens (tertiary/aromatic N) is 4. The van der Waals surface area contributed by atoms with E-state index in [-0.39, 0.29) is 0 Å². The molecule has 0 N–H and O–H groups in total. The Morgan fingerprint density at radius 2 is 1.07 bits per heavy atom. The molecule has 1 heterocycles. The molecule has 7 heteroatoms. The molecule has 0 unspecified atom stereocenters. The van der Waals surface area contributed by atoms with Crippen LogP contribution in [0.3, 0.4) is 0 Å². The van der Waals surface area contributed by atoms with E-state index in [9.17, 15) is 13.2 Å². The second-order valence-electron chi connectivity index (χ2n) is 6.51. The summed E-state index contributed by atoms with van der Waals surface area (Å²) in [4.78, 5) is 0. The fourth-order valence-electron chi connectivity index (χ4n) is 2.94. The standard InChI is InChI=1S/C22H15F3N4/c1-14-4-2-3-5-19(14)21-28-26-20(27-29-21)17-8-6-15(7-9-17)16-10-12-18(13-11-16)22(23,24)25/h2-13H,1H3. The van der Waals surface area contributed by atoms with Crippen molar-refractivity contribution >= 4 is 0 Å². The summed E-state index contributed by atoms with van der Waals surface area (Å²) in [5.74, 6) is 0.828. The minimum Gasteiger partial charge on any atom is -0.166 e. The zero-order valence-corrected chi connectivity index (χ0v) is 15.4. The smallest absolute Gasteiger partial charge is 0.166 e. The van der Waals surface area contributed by atoms with Gasteiger partial charge in [-0.15, -0.1) is 20.4 Å². The zero-order valence-electron chi connectivity index (χ0n) is 15.4. The first kappa shape index (κ1) is 18.7. The summed E-state index contributed by atoms with van der Waals surface area (Å²) in [5.41, 5.74) is 3.44. The maximum atomic E-state index is 12.7. The Morgan fingerprint density at radius 3 is 1.62 bits per heavy atom. The van der Waals surface area contributed by atoms with Crippen molar-refractivity contribution in [2.45, 2.75) is 13.1 Å². The first-order valence-electron chi connectivity index (χ1n) is 8.83. The molecule has 0 amide bonds. The van der Waals surface area contributed by atoms with Crippen molar-refractivity contribution in [3.8, 4) is 33.9 Å². The molecule has 0 bridgehead atoms. The Kier molecular flexibility index (Phi) is 4.80. The van der Waals surface area contributed by atoms with Crippen LogP contribution in [0.2, 0.25) is 0 Å². The molecule has 0 saturated heterocycles. The van der Waals surface area contributed by atoms with Crippen molar-refractivity contribution in [1.29, 1.82) is 0 Å². The SMILES string of the molecule is Cc1ccccc1-c1nnc(-c2ccc(-c3ccc(C(F)(F)F)cc3)cc2)nn1. The third kappa shape index (κ3) is 3.99. The highest BCUT2D eigenvalue weighted by Crippen LogP contribution is 2.31. The maximum absolute atomic E-state index is 12.7. The monoisotopic (exact) mass is 392 g/mol. The molecule has 0 fully saturated rings. The summed E-state index contributed by atoms with van der Waals surface area (Å²) in [6, 6.07) is 20.0. The lowest BCUT2D eigenvalue weighted by atomic mass is 10.0. The van der Waals surface area contributed by atoms with Crippen molar-refractivity contribution in [3.05, 3.63) is 83.9 Å². The molecule has 1 aromatic heterocycles. The van der Waals surface area contributed by atoms with Crippen LogP contribution in [0.5, 0.6) is 0 Å². The van der Waals surface area contributed by atoms with Crippen LogP contribution < -0.4 is 0 Å². The Morgan fingerprint density at radius 1 is 0.586 bits per heavy atom. The number of rotatable bonds is 3. The van der Waals surface area contributed by atoms with E-state index in [2.05, 4.69) is 20.4 Å². The minimum atomic E-state index is -4.34. The fourth-order valence-corrected chi connectivity index (χ4v) is 2.94. The quantitative estimate of drug-likeness (QED) is 0.456. The molecule has 0 aliphatic heterocycles. The van der Waals surface area contributed by atoms with Crippen LogP contribution >= 0.6 is 0 Å². The van der Waals surface area contributed by atoms with Gasteiger partial charge in [-0.1, -0.05) is 60.7 Å². The Bertz CT molecular complexity index is 1120. The van der Waals surface area contributed by atoms with E-state index in [1.807, 2.05) is 31.2 Å². The first-order chi connectivity index (χ1) is 13.9. The molecule has 4 nitrogen and oxygen atoms in total. The van der Waals surface area contributed by atoms with Gasteiger partial charge in [0.15, 0.2) is 0 Å². The highest BCUT2D eigenvalue weighted by atomic mass is 19.4. The highest BCUT2D eigenvalue weighted by molar-refractivity contribution is 5.68. The summed E-state index contributed by atoms with van der Waals surface area (Å²) in [6.45, 7) is 1.96. The molecule has 0 spiro atoms. The van der Waals surface area contributed by atoms with Gasteiger partial charge < -0.3 is 0 Å². The van der Waals surface area contributed by atoms with Crippen LogP contribution in [0.1, 0.15) is 11.1 Å². The minimum absolute atomic E-state index is 0.376. The van der Waals surface area contributed by atoms with Gasteiger partial charge in [0.25, 0.3) is 0 Å². The third-order valence-corrected chi connectivity index (χ3v) is 4.55. The van der Waals surface area contributed by atoms with Crippen LogP contribution in [0, 0.1) is 6.92 Å². The van der Waals surface area contributed by atoms with Crippen molar-refractivity contribution in [2.75, 3.05) is 0 Å². The van der Waals surface area contributed by atoms with Gasteiger partial charge in [0.2, 0.25) is 11.6 Å². The molecule has 0 radical (unpaired) electrons. The van der Waals surface area contributed by atoms with E-state index in [1.165, 1.54) is 12.1 Å². The second-order valence-corrected chi connectivity index (χ2v) is 6.51. The van der Waals surface area contributed by atoms with Crippen LogP contribution in [0.15, 0.2) is 72.8 Å². The van der Waals surface area contributed by atoms with E-state index < -0.39 is 11.7 Å². The third-order valence-electron chi connectivity index (χ3n) is 4.55. The lowest BCUT2D eigenvalue weighted by Gasteiger charge is -2.08. The summed E-state index contributed by atoms with van der Waals surface area (Å²) in [6.07, 6.45) is -4.34. The lowest BCUT2D eigenvalue weighted by Crippen LogP contribution is -2.03. The second kappa shape index (κ2) is 7.43. The van der Waals surface area contributed by atoms with Crippen LogP contribution in [0.25, 0.3) is 33.9 Å². The average molecular weight is 392 g/mol. The van der Waals surface area contributed by atoms with Crippen molar-refractivity contribution in [1.82, 2.24) is 20.4 Å². The van der Waals surface area contributed by atoms with Gasteiger partial charge in [0.05, 0.1) is 5.56 Å². The van der Waals surface area contributed by atoms with Crippen molar-refractivity contribution in [3.63, 3.8) is 0 Å². The normalized spacial score (nSPS) is 11.4. The summed E-state index contributed by atoms with van der Waals surface area (Å²) in [7, 11) is 0. The van der Waals surface area contributed by atoms with Crippen LogP contribution in [-0.2, 0) is 6.18 Å². The lowest BCUT2D eigenvalue weighted by molar-refractivity contribution is -0.137. The van der Waals surface area contributed by atoms with Gasteiger partial charge in [-0.05, 0) is 35.7 Å². The van der Waals surface area contributed by atoms with E-state index in [0.29, 0.717) is 17.2 Å². The van der Waals surface area contributed by atoms with Gasteiger partial charge in [-0.2, -0.15) is 13.2 Å². The van der Waals surface area contributed by atoms with Gasteiger partial charge in [0.1, 0.15) is 0 Å². The van der Waals surface area contributed by atoms with Crippen LogP contribution in [-0.4, -0.2) is 20.4 Å². The molecule has 0 atom stereocenters. The maximum Gasteiger partial charge on any atom is 0.416 e. The summed E-state index contributed by atoms with van der Waals surface area (Å²) < 4.78 is 38.1. The number of aryl methyl sites for hydroxylation is 1. The number of alkyl halides is 3. The molecule has 0 aliphatic rings.